The highest BCUT2D eigenvalue weighted by atomic mass is 14.1. The molecule has 0 aliphatic heterocycles. The van der Waals surface area contributed by atoms with Crippen LogP contribution in [0, 0.1) is 0 Å². The molecule has 0 saturated heterocycles. The van der Waals surface area contributed by atoms with Gasteiger partial charge in [0.15, 0.2) is 0 Å². The van der Waals surface area contributed by atoms with Gasteiger partial charge in [-0.25, -0.2) is 0 Å². The van der Waals surface area contributed by atoms with Crippen LogP contribution in [0.2, 0.25) is 0 Å². The third-order valence-corrected chi connectivity index (χ3v) is 5.07. The summed E-state index contributed by atoms with van der Waals surface area (Å²) in [6.45, 7) is 0. The van der Waals surface area contributed by atoms with Gasteiger partial charge in [-0.1, -0.05) is 103 Å². The summed E-state index contributed by atoms with van der Waals surface area (Å²) in [6.07, 6.45) is 0. The van der Waals surface area contributed by atoms with Gasteiger partial charge in [-0.3, -0.25) is 0 Å². The first kappa shape index (κ1) is 14.9. The minimum Gasteiger partial charge on any atom is -0.0622 e. The second kappa shape index (κ2) is 6.16. The van der Waals surface area contributed by atoms with Crippen molar-refractivity contribution in [2.24, 2.45) is 0 Å². The van der Waals surface area contributed by atoms with Crippen molar-refractivity contribution in [2.45, 2.75) is 0 Å². The lowest BCUT2D eigenvalue weighted by atomic mass is 9.91. The molecule has 122 valence electrons. The molecule has 0 amide bonds. The first-order valence-electron chi connectivity index (χ1n) is 8.96. The normalized spacial score (nSPS) is 11.1. The molecule has 5 aromatic rings. The molecule has 0 nitrogen and oxygen atoms in total. The predicted octanol–water partition coefficient (Wildman–Crippen LogP) is 7.33. The molecule has 0 bridgehead atoms. The molecule has 5 aromatic carbocycles. The molecular formula is C26H18. The Kier molecular flexibility index (Phi) is 3.54. The molecule has 26 heavy (non-hydrogen) atoms. The Morgan fingerprint density at radius 1 is 0.346 bits per heavy atom. The Balaban J connectivity index is 1.76. The smallest absolute Gasteiger partial charge is 0.00992 e. The standard InChI is InChI=1S/C26H18/c1-2-9-20(10-3-1)23-16-17-24(26-13-7-6-12-25(23)26)22-15-14-19-8-4-5-11-21(19)18-22/h1-18H. The van der Waals surface area contributed by atoms with Crippen LogP contribution in [0.25, 0.3) is 43.8 Å². The summed E-state index contributed by atoms with van der Waals surface area (Å²) in [7, 11) is 0. The number of fused-ring (bicyclic) bond motifs is 2. The summed E-state index contributed by atoms with van der Waals surface area (Å²) < 4.78 is 0. The number of hydrogen-bond donors (Lipinski definition) is 0. The summed E-state index contributed by atoms with van der Waals surface area (Å²) in [5, 5.41) is 5.15. The van der Waals surface area contributed by atoms with Gasteiger partial charge in [-0.05, 0) is 49.9 Å². The van der Waals surface area contributed by atoms with Gasteiger partial charge in [0, 0.05) is 0 Å². The average Bonchev–Trinajstić information content (AvgIpc) is 2.73. The fraction of sp³-hybridized carbons (Fsp3) is 0. The van der Waals surface area contributed by atoms with Crippen LogP contribution in [0.5, 0.6) is 0 Å². The lowest BCUT2D eigenvalue weighted by Crippen LogP contribution is -1.86. The van der Waals surface area contributed by atoms with Crippen molar-refractivity contribution in [1.29, 1.82) is 0 Å². The van der Waals surface area contributed by atoms with Crippen LogP contribution in [-0.4, -0.2) is 0 Å². The summed E-state index contributed by atoms with van der Waals surface area (Å²) >= 11 is 0. The summed E-state index contributed by atoms with van der Waals surface area (Å²) in [5.41, 5.74) is 5.09. The highest BCUT2D eigenvalue weighted by Crippen LogP contribution is 2.36. The number of rotatable bonds is 2. The Bertz CT molecular complexity index is 1220. The molecule has 0 aliphatic rings. The molecule has 5 rings (SSSR count). The molecule has 0 radical (unpaired) electrons. The molecule has 0 aliphatic carbocycles. The maximum Gasteiger partial charge on any atom is -0.00992 e. The van der Waals surface area contributed by atoms with Crippen LogP contribution in [0.1, 0.15) is 0 Å². The highest BCUT2D eigenvalue weighted by Gasteiger charge is 2.09. The largest absolute Gasteiger partial charge is 0.0622 e. The molecule has 0 spiro atoms. The quantitative estimate of drug-likeness (QED) is 0.318. The SMILES string of the molecule is c1ccc(-c2ccc(-c3ccc4ccccc4c3)c3ccccc23)cc1. The van der Waals surface area contributed by atoms with E-state index in [0.29, 0.717) is 0 Å². The van der Waals surface area contributed by atoms with Crippen molar-refractivity contribution < 1.29 is 0 Å². The summed E-state index contributed by atoms with van der Waals surface area (Å²) in [5.74, 6) is 0. The monoisotopic (exact) mass is 330 g/mol. The van der Waals surface area contributed by atoms with Crippen molar-refractivity contribution >= 4 is 21.5 Å². The van der Waals surface area contributed by atoms with Gasteiger partial charge >= 0.3 is 0 Å². The van der Waals surface area contributed by atoms with Crippen LogP contribution in [0.3, 0.4) is 0 Å². The van der Waals surface area contributed by atoms with Gasteiger partial charge in [0.25, 0.3) is 0 Å². The Hall–Kier alpha value is -3.38. The predicted molar refractivity (Wildman–Crippen MR) is 112 cm³/mol. The zero-order chi connectivity index (χ0) is 17.3. The Morgan fingerprint density at radius 2 is 0.923 bits per heavy atom. The average molecular weight is 330 g/mol. The lowest BCUT2D eigenvalue weighted by Gasteiger charge is -2.12. The minimum absolute atomic E-state index is 1.26. The van der Waals surface area contributed by atoms with E-state index < -0.39 is 0 Å². The Morgan fingerprint density at radius 3 is 1.65 bits per heavy atom. The minimum atomic E-state index is 1.26. The van der Waals surface area contributed by atoms with E-state index in [1.54, 1.807) is 0 Å². The van der Waals surface area contributed by atoms with E-state index in [1.165, 1.54) is 43.8 Å². The van der Waals surface area contributed by atoms with Crippen molar-refractivity contribution in [3.05, 3.63) is 109 Å². The van der Waals surface area contributed by atoms with Crippen LogP contribution in [0.4, 0.5) is 0 Å². The van der Waals surface area contributed by atoms with Crippen LogP contribution in [0.15, 0.2) is 109 Å². The van der Waals surface area contributed by atoms with Gasteiger partial charge in [0.05, 0.1) is 0 Å². The van der Waals surface area contributed by atoms with Crippen LogP contribution >= 0.6 is 0 Å². The molecule has 0 heteroatoms. The van der Waals surface area contributed by atoms with E-state index >= 15 is 0 Å². The molecule has 0 saturated carbocycles. The van der Waals surface area contributed by atoms with Gasteiger partial charge in [0.2, 0.25) is 0 Å². The zero-order valence-electron chi connectivity index (χ0n) is 14.4. The van der Waals surface area contributed by atoms with Crippen molar-refractivity contribution in [2.75, 3.05) is 0 Å². The summed E-state index contributed by atoms with van der Waals surface area (Å²) in [4.78, 5) is 0. The topological polar surface area (TPSA) is 0 Å². The van der Waals surface area contributed by atoms with E-state index in [2.05, 4.69) is 109 Å². The Labute approximate surface area is 153 Å². The molecule has 0 N–H and O–H groups in total. The van der Waals surface area contributed by atoms with E-state index in [1.807, 2.05) is 0 Å². The first-order chi connectivity index (χ1) is 12.9. The van der Waals surface area contributed by atoms with Gasteiger partial charge in [-0.2, -0.15) is 0 Å². The maximum absolute atomic E-state index is 2.29. The second-order valence-corrected chi connectivity index (χ2v) is 6.63. The highest BCUT2D eigenvalue weighted by molar-refractivity contribution is 6.05. The molecule has 0 aromatic heterocycles. The first-order valence-corrected chi connectivity index (χ1v) is 8.96. The fourth-order valence-electron chi connectivity index (χ4n) is 3.78. The van der Waals surface area contributed by atoms with Gasteiger partial charge < -0.3 is 0 Å². The van der Waals surface area contributed by atoms with Crippen molar-refractivity contribution in [3.8, 4) is 22.3 Å². The van der Waals surface area contributed by atoms with E-state index in [0.717, 1.165) is 0 Å². The third-order valence-electron chi connectivity index (χ3n) is 5.07. The second-order valence-electron chi connectivity index (χ2n) is 6.63. The van der Waals surface area contributed by atoms with Gasteiger partial charge in [-0.15, -0.1) is 0 Å². The summed E-state index contributed by atoms with van der Waals surface area (Å²) in [6, 6.07) is 39.1. The number of benzene rings is 5. The van der Waals surface area contributed by atoms with Crippen molar-refractivity contribution in [1.82, 2.24) is 0 Å². The third kappa shape index (κ3) is 2.48. The van der Waals surface area contributed by atoms with Gasteiger partial charge in [0.1, 0.15) is 0 Å². The lowest BCUT2D eigenvalue weighted by molar-refractivity contribution is 1.63. The maximum atomic E-state index is 2.29. The molecular weight excluding hydrogens is 312 g/mol. The van der Waals surface area contributed by atoms with E-state index in [-0.39, 0.29) is 0 Å². The van der Waals surface area contributed by atoms with Crippen LogP contribution < -0.4 is 0 Å². The van der Waals surface area contributed by atoms with E-state index in [4.69, 9.17) is 0 Å². The number of hydrogen-bond acceptors (Lipinski definition) is 0. The molecule has 0 unspecified atom stereocenters. The van der Waals surface area contributed by atoms with Crippen molar-refractivity contribution in [3.63, 3.8) is 0 Å². The molecule has 0 heterocycles. The zero-order valence-corrected chi connectivity index (χ0v) is 14.4. The van der Waals surface area contributed by atoms with Crippen LogP contribution in [-0.2, 0) is 0 Å². The molecule has 0 atom stereocenters. The molecule has 0 fully saturated rings. The van der Waals surface area contributed by atoms with E-state index in [9.17, 15) is 0 Å². The fourth-order valence-corrected chi connectivity index (χ4v) is 3.78.